The lowest BCUT2D eigenvalue weighted by molar-refractivity contribution is -0.121. The van der Waals surface area contributed by atoms with Gasteiger partial charge in [0.15, 0.2) is 5.78 Å². The van der Waals surface area contributed by atoms with E-state index in [-0.39, 0.29) is 35.4 Å². The van der Waals surface area contributed by atoms with Gasteiger partial charge in [0.05, 0.1) is 6.10 Å². The van der Waals surface area contributed by atoms with E-state index in [1.165, 1.54) is 24.0 Å². The Morgan fingerprint density at radius 1 is 1.17 bits per heavy atom. The van der Waals surface area contributed by atoms with E-state index in [1.54, 1.807) is 0 Å². The van der Waals surface area contributed by atoms with E-state index in [0.29, 0.717) is 23.5 Å². The molecule has 0 aromatic carbocycles. The Bertz CT molecular complexity index is 809. The van der Waals surface area contributed by atoms with Gasteiger partial charge in [0.2, 0.25) is 0 Å². The van der Waals surface area contributed by atoms with Crippen LogP contribution in [0.5, 0.6) is 0 Å². The molecular weight excluding hydrogens is 372 g/mol. The zero-order chi connectivity index (χ0) is 21.4. The van der Waals surface area contributed by atoms with Crippen molar-refractivity contribution in [2.24, 2.45) is 46.3 Å². The fourth-order valence-electron chi connectivity index (χ4n) is 8.93. The number of carbonyl (C=O) groups is 1. The molecule has 0 aliphatic heterocycles. The lowest BCUT2D eigenvalue weighted by Gasteiger charge is -2.58. The summed E-state index contributed by atoms with van der Waals surface area (Å²) in [4.78, 5) is 13.2. The van der Waals surface area contributed by atoms with Crippen molar-refractivity contribution in [3.05, 3.63) is 22.8 Å². The summed E-state index contributed by atoms with van der Waals surface area (Å²) < 4.78 is 0. The number of aliphatic hydroxyl groups is 2. The lowest BCUT2D eigenvalue weighted by Crippen LogP contribution is -2.51. The van der Waals surface area contributed by atoms with Gasteiger partial charge in [0.25, 0.3) is 0 Å². The van der Waals surface area contributed by atoms with Gasteiger partial charge in [-0.2, -0.15) is 0 Å². The summed E-state index contributed by atoms with van der Waals surface area (Å²) in [6.45, 7) is 9.38. The highest BCUT2D eigenvalue weighted by atomic mass is 16.3. The quantitative estimate of drug-likeness (QED) is 0.636. The summed E-state index contributed by atoms with van der Waals surface area (Å²) in [5.74, 6) is 3.19. The van der Waals surface area contributed by atoms with Crippen molar-refractivity contribution in [1.82, 2.24) is 0 Å². The number of aliphatic hydroxyl groups excluding tert-OH is 2. The molecule has 30 heavy (non-hydrogen) atoms. The van der Waals surface area contributed by atoms with Crippen LogP contribution >= 0.6 is 0 Å². The predicted octanol–water partition coefficient (Wildman–Crippen LogP) is 5.07. The number of carbonyl (C=O) groups excluding carboxylic acids is 1. The number of fused-ring (bicyclic) bond motifs is 7. The Kier molecular flexibility index (Phi) is 4.91. The van der Waals surface area contributed by atoms with Crippen molar-refractivity contribution < 1.29 is 15.0 Å². The van der Waals surface area contributed by atoms with E-state index >= 15 is 0 Å². The average Bonchev–Trinajstić information content (AvgIpc) is 3.15. The van der Waals surface area contributed by atoms with Gasteiger partial charge in [-0.3, -0.25) is 4.79 Å². The number of hydrogen-bond acceptors (Lipinski definition) is 3. The summed E-state index contributed by atoms with van der Waals surface area (Å²) in [6, 6.07) is 0. The van der Waals surface area contributed by atoms with Crippen LogP contribution in [0.2, 0.25) is 0 Å². The number of Topliss-reactive ketones (excluding diaryl/α,β-unsaturated/α-hetero) is 1. The van der Waals surface area contributed by atoms with Crippen molar-refractivity contribution in [3.8, 4) is 0 Å². The van der Waals surface area contributed by atoms with Gasteiger partial charge < -0.3 is 10.2 Å². The fourth-order valence-corrected chi connectivity index (χ4v) is 8.93. The predicted molar refractivity (Wildman–Crippen MR) is 119 cm³/mol. The molecule has 3 heteroatoms. The van der Waals surface area contributed by atoms with E-state index in [9.17, 15) is 15.0 Å². The van der Waals surface area contributed by atoms with E-state index in [0.717, 1.165) is 50.0 Å². The zero-order valence-electron chi connectivity index (χ0n) is 19.3. The lowest BCUT2D eigenvalue weighted by atomic mass is 9.47. The summed E-state index contributed by atoms with van der Waals surface area (Å²) in [6.07, 6.45) is 10.8. The minimum atomic E-state index is -0.145. The molecule has 5 aliphatic rings. The molecule has 2 N–H and O–H groups in total. The molecule has 3 nitrogen and oxygen atoms in total. The minimum absolute atomic E-state index is 0.113. The molecule has 0 amide bonds. The smallest absolute Gasteiger partial charge is 0.162 e. The van der Waals surface area contributed by atoms with Crippen LogP contribution in [-0.2, 0) is 4.79 Å². The van der Waals surface area contributed by atoms with Crippen molar-refractivity contribution in [1.29, 1.82) is 0 Å². The number of rotatable bonds is 3. The topological polar surface area (TPSA) is 57.5 Å². The van der Waals surface area contributed by atoms with Crippen molar-refractivity contribution in [3.63, 3.8) is 0 Å². The monoisotopic (exact) mass is 412 g/mol. The minimum Gasteiger partial charge on any atom is -0.396 e. The molecule has 0 heterocycles. The standard InChI is InChI=1S/C27H40O3/c1-15(14-28)11-21-20-13-23-19-6-5-17-12-18(29)7-9-26(17,3)22(19)8-10-27(23,4)24(20)16(2)25(21)30/h5,15-16,18-19,22-24,28-29H,6-14H2,1-4H3/t15-,16+,18+,19+,22-,23-,24-,26+,27+/m1/s1. The first-order valence-corrected chi connectivity index (χ1v) is 12.4. The molecule has 166 valence electrons. The largest absolute Gasteiger partial charge is 0.396 e. The molecule has 5 aliphatic carbocycles. The second-order valence-corrected chi connectivity index (χ2v) is 12.0. The first-order valence-electron chi connectivity index (χ1n) is 12.4. The Morgan fingerprint density at radius 2 is 1.93 bits per heavy atom. The van der Waals surface area contributed by atoms with Gasteiger partial charge in [-0.1, -0.05) is 44.9 Å². The van der Waals surface area contributed by atoms with Crippen molar-refractivity contribution >= 4 is 5.78 Å². The molecule has 0 saturated heterocycles. The van der Waals surface area contributed by atoms with Crippen LogP contribution in [0.25, 0.3) is 0 Å². The third kappa shape index (κ3) is 2.73. The van der Waals surface area contributed by atoms with E-state index in [4.69, 9.17) is 0 Å². The molecule has 3 saturated carbocycles. The van der Waals surface area contributed by atoms with Gasteiger partial charge in [0.1, 0.15) is 0 Å². The third-order valence-corrected chi connectivity index (χ3v) is 10.5. The molecule has 0 bridgehead atoms. The second kappa shape index (κ2) is 7.04. The summed E-state index contributed by atoms with van der Waals surface area (Å²) in [7, 11) is 0. The van der Waals surface area contributed by atoms with E-state index in [2.05, 4.69) is 33.8 Å². The second-order valence-electron chi connectivity index (χ2n) is 12.0. The molecule has 0 aromatic heterocycles. The van der Waals surface area contributed by atoms with Gasteiger partial charge in [0, 0.05) is 12.5 Å². The molecule has 9 atom stereocenters. The molecule has 5 rings (SSSR count). The normalized spacial score (nSPS) is 48.6. The van der Waals surface area contributed by atoms with Crippen LogP contribution in [0.4, 0.5) is 0 Å². The molecule has 0 aromatic rings. The zero-order valence-corrected chi connectivity index (χ0v) is 19.3. The van der Waals surface area contributed by atoms with Crippen molar-refractivity contribution in [2.75, 3.05) is 6.61 Å². The molecule has 0 unspecified atom stereocenters. The maximum Gasteiger partial charge on any atom is 0.162 e. The Labute approximate surface area is 182 Å². The molecule has 0 radical (unpaired) electrons. The maximum absolute atomic E-state index is 13.2. The Morgan fingerprint density at radius 3 is 2.67 bits per heavy atom. The van der Waals surface area contributed by atoms with E-state index < -0.39 is 0 Å². The van der Waals surface area contributed by atoms with Crippen LogP contribution in [0.3, 0.4) is 0 Å². The van der Waals surface area contributed by atoms with Crippen LogP contribution in [-0.4, -0.2) is 28.7 Å². The first kappa shape index (κ1) is 20.9. The van der Waals surface area contributed by atoms with Crippen LogP contribution in [0, 0.1) is 46.3 Å². The van der Waals surface area contributed by atoms with Crippen LogP contribution < -0.4 is 0 Å². The van der Waals surface area contributed by atoms with Crippen LogP contribution in [0.15, 0.2) is 22.8 Å². The third-order valence-electron chi connectivity index (χ3n) is 10.5. The van der Waals surface area contributed by atoms with Gasteiger partial charge in [-0.25, -0.2) is 0 Å². The summed E-state index contributed by atoms with van der Waals surface area (Å²) >= 11 is 0. The molecule has 0 spiro atoms. The van der Waals surface area contributed by atoms with Crippen LogP contribution in [0.1, 0.15) is 79.1 Å². The summed E-state index contributed by atoms with van der Waals surface area (Å²) in [5, 5.41) is 19.8. The fraction of sp³-hybridized carbons (Fsp3) is 0.815. The maximum atomic E-state index is 13.2. The first-order chi connectivity index (χ1) is 14.2. The highest BCUT2D eigenvalue weighted by molar-refractivity contribution is 6.01. The Balaban J connectivity index is 1.51. The number of ketones is 1. The average molecular weight is 413 g/mol. The van der Waals surface area contributed by atoms with Gasteiger partial charge in [-0.15, -0.1) is 0 Å². The summed E-state index contributed by atoms with van der Waals surface area (Å²) in [5.41, 5.74) is 4.60. The number of allylic oxidation sites excluding steroid dienone is 3. The molecular formula is C27H40O3. The van der Waals surface area contributed by atoms with Crippen molar-refractivity contribution in [2.45, 2.75) is 85.2 Å². The van der Waals surface area contributed by atoms with E-state index in [1.807, 2.05) is 0 Å². The highest BCUT2D eigenvalue weighted by Gasteiger charge is 2.63. The van der Waals surface area contributed by atoms with Gasteiger partial charge in [-0.05, 0) is 97.4 Å². The Hall–Kier alpha value is -0.930. The SMILES string of the molecule is C[C@@H](CO)CC1=C2C[C@@H]3[C@H]4CC=C5C[C@@H](O)CC[C@]5(C)[C@@H]4CC[C@]3(C)[C@@H]2[C@H](C)C1=O. The molecule has 3 fully saturated rings. The number of hydrogen-bond donors (Lipinski definition) is 2. The highest BCUT2D eigenvalue weighted by Crippen LogP contribution is 2.70. The van der Waals surface area contributed by atoms with Gasteiger partial charge >= 0.3 is 0 Å².